The van der Waals surface area contributed by atoms with Crippen LogP contribution in [0.2, 0.25) is 0 Å². The molecule has 19 heavy (non-hydrogen) atoms. The first-order chi connectivity index (χ1) is 9.24. The average Bonchev–Trinajstić information content (AvgIpc) is 2.98. The third-order valence-electron chi connectivity index (χ3n) is 2.50. The summed E-state index contributed by atoms with van der Waals surface area (Å²) in [5, 5.41) is 3.68. The lowest BCUT2D eigenvalue weighted by Gasteiger charge is -2.06. The third-order valence-corrected chi connectivity index (χ3v) is 3.19. The Hall–Kier alpha value is -2.14. The molecule has 0 unspecified atom stereocenters. The van der Waals surface area contributed by atoms with E-state index < -0.39 is 0 Å². The molecule has 0 fully saturated rings. The number of hydrogen-bond acceptors (Lipinski definition) is 5. The maximum Gasteiger partial charge on any atom is 0.186 e. The maximum atomic E-state index is 11.8. The molecule has 0 bridgehead atoms. The fourth-order valence-corrected chi connectivity index (χ4v) is 2.15. The van der Waals surface area contributed by atoms with Gasteiger partial charge in [0.25, 0.3) is 0 Å². The molecule has 0 amide bonds. The van der Waals surface area contributed by atoms with Gasteiger partial charge in [-0.05, 0) is 23.6 Å². The number of ether oxygens (including phenoxy) is 2. The van der Waals surface area contributed by atoms with Gasteiger partial charge in [-0.3, -0.25) is 9.78 Å². The van der Waals surface area contributed by atoms with E-state index >= 15 is 0 Å². The number of nitrogens with zero attached hydrogens (tertiary/aromatic N) is 1. The molecular formula is C14H13NO3S. The van der Waals surface area contributed by atoms with Gasteiger partial charge >= 0.3 is 0 Å². The van der Waals surface area contributed by atoms with Crippen molar-refractivity contribution < 1.29 is 14.3 Å². The molecule has 0 aliphatic heterocycles. The Morgan fingerprint density at radius 2 is 2.11 bits per heavy atom. The van der Waals surface area contributed by atoms with Crippen LogP contribution in [0.25, 0.3) is 6.08 Å². The number of carbonyl (C=O) groups is 1. The lowest BCUT2D eigenvalue weighted by Crippen LogP contribution is -1.94. The predicted molar refractivity (Wildman–Crippen MR) is 75.0 cm³/mol. The summed E-state index contributed by atoms with van der Waals surface area (Å²) in [6.45, 7) is 0. The van der Waals surface area contributed by atoms with Crippen LogP contribution >= 0.6 is 11.3 Å². The van der Waals surface area contributed by atoms with Crippen molar-refractivity contribution in [3.8, 4) is 11.5 Å². The van der Waals surface area contributed by atoms with E-state index in [1.165, 1.54) is 17.4 Å². The first kappa shape index (κ1) is 13.3. The zero-order valence-electron chi connectivity index (χ0n) is 10.6. The molecule has 0 aromatic carbocycles. The summed E-state index contributed by atoms with van der Waals surface area (Å²) in [5.41, 5.74) is 1.32. The van der Waals surface area contributed by atoms with Crippen molar-refractivity contribution in [1.82, 2.24) is 4.98 Å². The number of aromatic nitrogens is 1. The fraction of sp³-hybridized carbons (Fsp3) is 0.143. The SMILES string of the molecule is COc1cnc(C=CC(=O)c2ccsc2)cc1OC. The molecule has 5 heteroatoms. The molecule has 0 radical (unpaired) electrons. The quantitative estimate of drug-likeness (QED) is 0.621. The Balaban J connectivity index is 2.17. The second-order valence-electron chi connectivity index (χ2n) is 3.67. The van der Waals surface area contributed by atoms with Crippen molar-refractivity contribution >= 4 is 23.2 Å². The van der Waals surface area contributed by atoms with Crippen LogP contribution in [0.1, 0.15) is 16.1 Å². The van der Waals surface area contributed by atoms with Crippen LogP contribution in [-0.2, 0) is 0 Å². The minimum atomic E-state index is -0.0437. The van der Waals surface area contributed by atoms with Crippen LogP contribution in [0, 0.1) is 0 Å². The molecule has 0 aliphatic rings. The monoisotopic (exact) mass is 275 g/mol. The predicted octanol–water partition coefficient (Wildman–Crippen LogP) is 3.06. The van der Waals surface area contributed by atoms with Crippen LogP contribution in [0.5, 0.6) is 11.5 Å². The van der Waals surface area contributed by atoms with Gasteiger partial charge < -0.3 is 9.47 Å². The number of hydrogen-bond donors (Lipinski definition) is 0. The van der Waals surface area contributed by atoms with Crippen molar-refractivity contribution in [2.45, 2.75) is 0 Å². The van der Waals surface area contributed by atoms with E-state index in [0.717, 1.165) is 0 Å². The highest BCUT2D eigenvalue weighted by Gasteiger charge is 2.05. The zero-order chi connectivity index (χ0) is 13.7. The zero-order valence-corrected chi connectivity index (χ0v) is 11.4. The van der Waals surface area contributed by atoms with Crippen LogP contribution in [-0.4, -0.2) is 25.0 Å². The average molecular weight is 275 g/mol. The van der Waals surface area contributed by atoms with Gasteiger partial charge in [-0.2, -0.15) is 11.3 Å². The van der Waals surface area contributed by atoms with Crippen molar-refractivity contribution in [1.29, 1.82) is 0 Å². The van der Waals surface area contributed by atoms with Gasteiger partial charge in [0, 0.05) is 17.0 Å². The van der Waals surface area contributed by atoms with Gasteiger partial charge in [-0.15, -0.1) is 0 Å². The molecule has 0 N–H and O–H groups in total. The summed E-state index contributed by atoms with van der Waals surface area (Å²) in [4.78, 5) is 16.0. The first-order valence-corrected chi connectivity index (χ1v) is 6.51. The highest BCUT2D eigenvalue weighted by molar-refractivity contribution is 7.08. The van der Waals surface area contributed by atoms with E-state index in [9.17, 15) is 4.79 Å². The summed E-state index contributed by atoms with van der Waals surface area (Å²) < 4.78 is 10.3. The van der Waals surface area contributed by atoms with E-state index in [2.05, 4.69) is 4.98 Å². The van der Waals surface area contributed by atoms with Crippen molar-refractivity contribution in [2.75, 3.05) is 14.2 Å². The third kappa shape index (κ3) is 3.20. The lowest BCUT2D eigenvalue weighted by molar-refractivity contribution is 0.104. The van der Waals surface area contributed by atoms with Crippen molar-refractivity contribution in [3.05, 3.63) is 46.4 Å². The number of rotatable bonds is 5. The van der Waals surface area contributed by atoms with Gasteiger partial charge in [0.15, 0.2) is 17.3 Å². The summed E-state index contributed by atoms with van der Waals surface area (Å²) in [6.07, 6.45) is 4.71. The maximum absolute atomic E-state index is 11.8. The van der Waals surface area contributed by atoms with Gasteiger partial charge in [0.1, 0.15) is 0 Å². The molecule has 0 saturated heterocycles. The van der Waals surface area contributed by atoms with E-state index in [0.29, 0.717) is 22.8 Å². The fourth-order valence-electron chi connectivity index (χ4n) is 1.51. The molecule has 2 aromatic rings. The highest BCUT2D eigenvalue weighted by atomic mass is 32.1. The molecule has 2 rings (SSSR count). The number of thiophene rings is 1. The van der Waals surface area contributed by atoms with Crippen LogP contribution < -0.4 is 9.47 Å². The Kier molecular flexibility index (Phi) is 4.30. The Bertz CT molecular complexity index is 591. The van der Waals surface area contributed by atoms with Crippen molar-refractivity contribution in [3.63, 3.8) is 0 Å². The molecular weight excluding hydrogens is 262 g/mol. The molecule has 2 heterocycles. The van der Waals surface area contributed by atoms with Crippen molar-refractivity contribution in [2.24, 2.45) is 0 Å². The summed E-state index contributed by atoms with van der Waals surface area (Å²) >= 11 is 1.49. The van der Waals surface area contributed by atoms with E-state index in [-0.39, 0.29) is 5.78 Å². The summed E-state index contributed by atoms with van der Waals surface area (Å²) in [7, 11) is 3.11. The smallest absolute Gasteiger partial charge is 0.186 e. The second-order valence-corrected chi connectivity index (χ2v) is 4.45. The van der Waals surface area contributed by atoms with Crippen LogP contribution in [0.3, 0.4) is 0 Å². The molecule has 0 atom stereocenters. The minimum absolute atomic E-state index is 0.0437. The van der Waals surface area contributed by atoms with Crippen LogP contribution in [0.15, 0.2) is 35.2 Å². The highest BCUT2D eigenvalue weighted by Crippen LogP contribution is 2.26. The number of carbonyl (C=O) groups excluding carboxylic acids is 1. The standard InChI is InChI=1S/C14H13NO3S/c1-17-13-7-11(15-8-14(13)18-2)3-4-12(16)10-5-6-19-9-10/h3-9H,1-2H3. The molecule has 0 saturated carbocycles. The van der Waals surface area contributed by atoms with Gasteiger partial charge in [-0.1, -0.05) is 0 Å². The largest absolute Gasteiger partial charge is 0.493 e. The first-order valence-electron chi connectivity index (χ1n) is 5.57. The number of ketones is 1. The number of allylic oxidation sites excluding steroid dienone is 1. The molecule has 4 nitrogen and oxygen atoms in total. The van der Waals surface area contributed by atoms with Gasteiger partial charge in [-0.25, -0.2) is 0 Å². The molecule has 2 aromatic heterocycles. The van der Waals surface area contributed by atoms with Gasteiger partial charge in [0.05, 0.1) is 26.1 Å². The minimum Gasteiger partial charge on any atom is -0.493 e. The second kappa shape index (κ2) is 6.15. The summed E-state index contributed by atoms with van der Waals surface area (Å²) in [6, 6.07) is 3.51. The Morgan fingerprint density at radius 1 is 1.32 bits per heavy atom. The molecule has 98 valence electrons. The van der Waals surface area contributed by atoms with E-state index in [1.807, 2.05) is 10.8 Å². The van der Waals surface area contributed by atoms with E-state index in [1.54, 1.807) is 38.6 Å². The Labute approximate surface area is 115 Å². The van der Waals surface area contributed by atoms with E-state index in [4.69, 9.17) is 9.47 Å². The molecule has 0 aliphatic carbocycles. The topological polar surface area (TPSA) is 48.4 Å². The Morgan fingerprint density at radius 3 is 2.74 bits per heavy atom. The van der Waals surface area contributed by atoms with Crippen LogP contribution in [0.4, 0.5) is 0 Å². The number of pyridine rings is 1. The van der Waals surface area contributed by atoms with Gasteiger partial charge in [0.2, 0.25) is 0 Å². The number of methoxy groups -OCH3 is 2. The molecule has 0 spiro atoms. The summed E-state index contributed by atoms with van der Waals surface area (Å²) in [5.74, 6) is 1.10. The lowest BCUT2D eigenvalue weighted by atomic mass is 10.2. The normalized spacial score (nSPS) is 10.6.